The number of benzene rings is 1. The zero-order chi connectivity index (χ0) is 12.2. The van der Waals surface area contributed by atoms with Crippen molar-refractivity contribution < 1.29 is 13.2 Å². The average Bonchev–Trinajstić information content (AvgIpc) is 2.16. The molecule has 0 bridgehead atoms. The Morgan fingerprint density at radius 3 is 2.50 bits per heavy atom. The van der Waals surface area contributed by atoms with Gasteiger partial charge in [0.25, 0.3) is 0 Å². The number of halogens is 3. The second kappa shape index (κ2) is 4.59. The Kier molecular flexibility index (Phi) is 3.42. The van der Waals surface area contributed by atoms with E-state index in [1.54, 1.807) is 6.07 Å². The van der Waals surface area contributed by atoms with Crippen molar-refractivity contribution in [2.24, 2.45) is 0 Å². The van der Waals surface area contributed by atoms with Crippen molar-refractivity contribution in [3.8, 4) is 17.9 Å². The minimum atomic E-state index is -4.44. The van der Waals surface area contributed by atoms with Gasteiger partial charge in [-0.05, 0) is 18.2 Å². The third-order valence-corrected chi connectivity index (χ3v) is 1.68. The molecule has 0 amide bonds. The van der Waals surface area contributed by atoms with Crippen LogP contribution >= 0.6 is 0 Å². The Balaban J connectivity index is 3.11. The molecule has 1 rings (SSSR count). The molecule has 0 aliphatic rings. The topological polar surface area (TPSA) is 49.8 Å². The van der Waals surface area contributed by atoms with E-state index in [9.17, 15) is 13.2 Å². The first kappa shape index (κ1) is 11.9. The van der Waals surface area contributed by atoms with E-state index in [4.69, 9.17) is 11.0 Å². The van der Waals surface area contributed by atoms with Crippen molar-refractivity contribution >= 4 is 5.69 Å². The van der Waals surface area contributed by atoms with E-state index in [-0.39, 0.29) is 17.7 Å². The number of hydrogen-bond acceptors (Lipinski definition) is 2. The Hall–Kier alpha value is -2.14. The Morgan fingerprint density at radius 1 is 1.25 bits per heavy atom. The molecule has 0 unspecified atom stereocenters. The average molecular weight is 224 g/mol. The molecule has 0 saturated heterocycles. The maximum atomic E-state index is 12.4. The first-order chi connectivity index (χ1) is 7.43. The lowest BCUT2D eigenvalue weighted by Gasteiger charge is -2.07. The molecule has 0 aliphatic heterocycles. The molecule has 5 heteroatoms. The molecule has 2 nitrogen and oxygen atoms in total. The summed E-state index contributed by atoms with van der Waals surface area (Å²) in [7, 11) is 0. The van der Waals surface area contributed by atoms with Gasteiger partial charge in [0.2, 0.25) is 0 Å². The highest BCUT2D eigenvalue weighted by atomic mass is 19.4. The predicted octanol–water partition coefficient (Wildman–Crippen LogP) is 2.55. The molecule has 0 fully saturated rings. The summed E-state index contributed by atoms with van der Waals surface area (Å²) in [6.45, 7) is 0. The Morgan fingerprint density at radius 2 is 1.94 bits per heavy atom. The summed E-state index contributed by atoms with van der Waals surface area (Å²) in [6, 6.07) is 4.85. The molecule has 1 aromatic rings. The van der Waals surface area contributed by atoms with Crippen LogP contribution < -0.4 is 5.73 Å². The van der Waals surface area contributed by atoms with E-state index >= 15 is 0 Å². The molecule has 82 valence electrons. The SMILES string of the molecule is N#CCC#Cc1cc(N)cc(C(F)(F)F)c1. The van der Waals surface area contributed by atoms with Gasteiger partial charge in [-0.1, -0.05) is 11.8 Å². The normalized spacial score (nSPS) is 10.1. The number of nitrogen functional groups attached to an aromatic ring is 1. The highest BCUT2D eigenvalue weighted by molar-refractivity contribution is 5.51. The summed E-state index contributed by atoms with van der Waals surface area (Å²) in [5.74, 6) is 4.87. The summed E-state index contributed by atoms with van der Waals surface area (Å²) in [5.41, 5.74) is 4.64. The minimum absolute atomic E-state index is 0.00363. The van der Waals surface area contributed by atoms with Gasteiger partial charge in [0.05, 0.1) is 18.1 Å². The van der Waals surface area contributed by atoms with Crippen LogP contribution in [0.1, 0.15) is 17.5 Å². The van der Waals surface area contributed by atoms with Crippen molar-refractivity contribution in [2.75, 3.05) is 5.73 Å². The van der Waals surface area contributed by atoms with E-state index in [2.05, 4.69) is 11.8 Å². The molecule has 0 heterocycles. The van der Waals surface area contributed by atoms with Gasteiger partial charge in [-0.25, -0.2) is 0 Å². The number of rotatable bonds is 0. The third-order valence-electron chi connectivity index (χ3n) is 1.68. The van der Waals surface area contributed by atoms with Crippen molar-refractivity contribution in [1.29, 1.82) is 5.26 Å². The standard InChI is InChI=1S/C11H7F3N2/c12-11(13,14)9-5-8(3-1-2-4-15)6-10(16)7-9/h5-7H,2,16H2. The van der Waals surface area contributed by atoms with Gasteiger partial charge in [-0.15, -0.1) is 0 Å². The summed E-state index contributed by atoms with van der Waals surface area (Å²) < 4.78 is 37.1. The lowest BCUT2D eigenvalue weighted by atomic mass is 10.1. The van der Waals surface area contributed by atoms with Crippen LogP contribution in [0.3, 0.4) is 0 Å². The fourth-order valence-corrected chi connectivity index (χ4v) is 1.07. The van der Waals surface area contributed by atoms with Gasteiger partial charge in [0.1, 0.15) is 0 Å². The van der Waals surface area contributed by atoms with Crippen LogP contribution in [-0.2, 0) is 6.18 Å². The highest BCUT2D eigenvalue weighted by Crippen LogP contribution is 2.31. The Labute approximate surface area is 90.5 Å². The van der Waals surface area contributed by atoms with Gasteiger partial charge < -0.3 is 5.73 Å². The van der Waals surface area contributed by atoms with Crippen molar-refractivity contribution in [3.05, 3.63) is 29.3 Å². The van der Waals surface area contributed by atoms with Crippen LogP contribution in [0.5, 0.6) is 0 Å². The van der Waals surface area contributed by atoms with Crippen molar-refractivity contribution in [3.63, 3.8) is 0 Å². The molecule has 1 aromatic carbocycles. The van der Waals surface area contributed by atoms with Gasteiger partial charge in [0, 0.05) is 11.3 Å². The van der Waals surface area contributed by atoms with Crippen LogP contribution in [0.15, 0.2) is 18.2 Å². The number of nitriles is 1. The largest absolute Gasteiger partial charge is 0.416 e. The fourth-order valence-electron chi connectivity index (χ4n) is 1.07. The zero-order valence-corrected chi connectivity index (χ0v) is 8.10. The Bertz CT molecular complexity index is 487. The molecule has 16 heavy (non-hydrogen) atoms. The number of anilines is 1. The van der Waals surface area contributed by atoms with Gasteiger partial charge in [0.15, 0.2) is 0 Å². The van der Waals surface area contributed by atoms with Crippen LogP contribution in [0.4, 0.5) is 18.9 Å². The van der Waals surface area contributed by atoms with Gasteiger partial charge in [-0.3, -0.25) is 0 Å². The fraction of sp³-hybridized carbons (Fsp3) is 0.182. The van der Waals surface area contributed by atoms with E-state index < -0.39 is 11.7 Å². The van der Waals surface area contributed by atoms with Gasteiger partial charge >= 0.3 is 6.18 Å². The molecular formula is C11H7F3N2. The summed E-state index contributed by atoms with van der Waals surface area (Å²) in [6.07, 6.45) is -4.48. The van der Waals surface area contributed by atoms with E-state index in [0.717, 1.165) is 12.1 Å². The molecule has 0 atom stereocenters. The molecular weight excluding hydrogens is 217 g/mol. The second-order valence-corrected chi connectivity index (χ2v) is 2.98. The molecule has 0 aliphatic carbocycles. The number of hydrogen-bond donors (Lipinski definition) is 1. The number of nitrogens with zero attached hydrogens (tertiary/aromatic N) is 1. The smallest absolute Gasteiger partial charge is 0.399 e. The monoisotopic (exact) mass is 224 g/mol. The molecule has 0 spiro atoms. The summed E-state index contributed by atoms with van der Waals surface area (Å²) in [4.78, 5) is 0. The first-order valence-electron chi connectivity index (χ1n) is 4.27. The molecule has 0 saturated carbocycles. The molecule has 0 radical (unpaired) electrons. The van der Waals surface area contributed by atoms with Gasteiger partial charge in [-0.2, -0.15) is 18.4 Å². The van der Waals surface area contributed by atoms with E-state index in [1.165, 1.54) is 6.07 Å². The second-order valence-electron chi connectivity index (χ2n) is 2.98. The highest BCUT2D eigenvalue weighted by Gasteiger charge is 2.30. The minimum Gasteiger partial charge on any atom is -0.399 e. The van der Waals surface area contributed by atoms with Crippen LogP contribution in [0.25, 0.3) is 0 Å². The van der Waals surface area contributed by atoms with Crippen molar-refractivity contribution in [2.45, 2.75) is 12.6 Å². The molecule has 2 N–H and O–H groups in total. The lowest BCUT2D eigenvalue weighted by Crippen LogP contribution is -2.06. The van der Waals surface area contributed by atoms with Crippen molar-refractivity contribution in [1.82, 2.24) is 0 Å². The third kappa shape index (κ3) is 3.21. The van der Waals surface area contributed by atoms with Crippen LogP contribution in [0.2, 0.25) is 0 Å². The first-order valence-corrected chi connectivity index (χ1v) is 4.27. The quantitative estimate of drug-likeness (QED) is 0.543. The lowest BCUT2D eigenvalue weighted by molar-refractivity contribution is -0.137. The summed E-state index contributed by atoms with van der Waals surface area (Å²) >= 11 is 0. The van der Waals surface area contributed by atoms with E-state index in [0.29, 0.717) is 0 Å². The molecule has 0 aromatic heterocycles. The predicted molar refractivity (Wildman–Crippen MR) is 53.0 cm³/mol. The maximum absolute atomic E-state index is 12.4. The van der Waals surface area contributed by atoms with Crippen LogP contribution in [-0.4, -0.2) is 0 Å². The number of nitrogens with two attached hydrogens (primary N) is 1. The van der Waals surface area contributed by atoms with E-state index in [1.807, 2.05) is 0 Å². The summed E-state index contributed by atoms with van der Waals surface area (Å²) in [5, 5.41) is 8.23. The zero-order valence-electron chi connectivity index (χ0n) is 8.10. The maximum Gasteiger partial charge on any atom is 0.416 e. The van der Waals surface area contributed by atoms with Crippen LogP contribution in [0, 0.1) is 23.2 Å². The number of alkyl halides is 3.